The smallest absolute Gasteiger partial charge is 0.258 e. The van der Waals surface area contributed by atoms with Crippen molar-refractivity contribution in [1.29, 1.82) is 0 Å². The Kier molecular flexibility index (Phi) is 5.51. The summed E-state index contributed by atoms with van der Waals surface area (Å²) >= 11 is 5.70. The van der Waals surface area contributed by atoms with Crippen molar-refractivity contribution >= 4 is 27.3 Å². The van der Waals surface area contributed by atoms with Crippen LogP contribution in [0.5, 0.6) is 0 Å². The molecule has 1 aromatic carbocycles. The first-order chi connectivity index (χ1) is 9.35. The van der Waals surface area contributed by atoms with Gasteiger partial charge >= 0.3 is 0 Å². The van der Waals surface area contributed by atoms with Crippen molar-refractivity contribution in [2.45, 2.75) is 17.7 Å². The fraction of sp³-hybridized carbons (Fsp3) is 0.333. The molecule has 0 heterocycles. The molecular formula is C12H13ClN2O4S. The molecule has 0 amide bonds. The molecule has 0 saturated carbocycles. The minimum atomic E-state index is -4.04. The van der Waals surface area contributed by atoms with Crippen LogP contribution in [0.3, 0.4) is 0 Å². The topological polar surface area (TPSA) is 89.3 Å². The number of nitrogens with one attached hydrogen (secondary N) is 1. The van der Waals surface area contributed by atoms with Gasteiger partial charge in [-0.25, -0.2) is 8.42 Å². The lowest BCUT2D eigenvalue weighted by molar-refractivity contribution is -0.388. The first kappa shape index (κ1) is 16.4. The minimum Gasteiger partial charge on any atom is -0.258 e. The van der Waals surface area contributed by atoms with Crippen molar-refractivity contribution in [3.05, 3.63) is 33.9 Å². The second-order valence-corrected chi connectivity index (χ2v) is 6.08. The third-order valence-electron chi connectivity index (χ3n) is 2.63. The van der Waals surface area contributed by atoms with E-state index in [9.17, 15) is 18.5 Å². The molecule has 1 aromatic rings. The fourth-order valence-electron chi connectivity index (χ4n) is 1.65. The van der Waals surface area contributed by atoms with Crippen LogP contribution in [0.4, 0.5) is 5.69 Å². The van der Waals surface area contributed by atoms with Gasteiger partial charge in [0.05, 0.1) is 11.5 Å². The highest BCUT2D eigenvalue weighted by Gasteiger charge is 2.30. The first-order valence-corrected chi connectivity index (χ1v) is 7.63. The Morgan fingerprint density at radius 3 is 2.70 bits per heavy atom. The summed E-state index contributed by atoms with van der Waals surface area (Å²) in [6.45, 7) is 1.44. The number of rotatable bonds is 6. The van der Waals surface area contributed by atoms with E-state index in [-0.39, 0.29) is 23.9 Å². The maximum Gasteiger partial charge on any atom is 0.292 e. The van der Waals surface area contributed by atoms with Gasteiger partial charge in [0.2, 0.25) is 10.0 Å². The molecule has 1 atom stereocenters. The van der Waals surface area contributed by atoms with Crippen molar-refractivity contribution in [1.82, 2.24) is 4.72 Å². The Labute approximate surface area is 122 Å². The van der Waals surface area contributed by atoms with E-state index in [0.717, 1.165) is 0 Å². The molecule has 0 saturated heterocycles. The number of hydrogen-bond acceptors (Lipinski definition) is 4. The maximum atomic E-state index is 12.0. The molecule has 0 fully saturated rings. The molecule has 0 bridgehead atoms. The summed E-state index contributed by atoms with van der Waals surface area (Å²) in [7, 11) is -4.04. The summed E-state index contributed by atoms with van der Waals surface area (Å²) < 4.78 is 26.2. The van der Waals surface area contributed by atoms with E-state index in [2.05, 4.69) is 10.6 Å². The SMILES string of the molecule is C#CCNS(=O)(=O)c1cccc(C(C)CCl)c1[N+](=O)[O-]. The van der Waals surface area contributed by atoms with Gasteiger partial charge in [0, 0.05) is 17.4 Å². The highest BCUT2D eigenvalue weighted by atomic mass is 35.5. The molecule has 0 aliphatic carbocycles. The molecule has 108 valence electrons. The molecule has 8 heteroatoms. The van der Waals surface area contributed by atoms with Crippen molar-refractivity contribution in [3.8, 4) is 12.3 Å². The normalized spacial score (nSPS) is 12.7. The van der Waals surface area contributed by atoms with Gasteiger partial charge in [0.25, 0.3) is 5.69 Å². The van der Waals surface area contributed by atoms with Crippen LogP contribution in [-0.2, 0) is 10.0 Å². The zero-order valence-corrected chi connectivity index (χ0v) is 12.2. The van der Waals surface area contributed by atoms with E-state index in [1.807, 2.05) is 0 Å². The lowest BCUT2D eigenvalue weighted by Crippen LogP contribution is -2.25. The Morgan fingerprint density at radius 1 is 1.55 bits per heavy atom. The quantitative estimate of drug-likeness (QED) is 0.375. The molecule has 0 aliphatic heterocycles. The summed E-state index contributed by atoms with van der Waals surface area (Å²) in [5.74, 6) is 1.90. The Hall–Kier alpha value is -1.62. The number of sulfonamides is 1. The molecule has 0 aliphatic rings. The van der Waals surface area contributed by atoms with Crippen molar-refractivity contribution < 1.29 is 13.3 Å². The summed E-state index contributed by atoms with van der Waals surface area (Å²) in [4.78, 5) is 10.1. The monoisotopic (exact) mass is 316 g/mol. The standard InChI is InChI=1S/C12H13ClN2O4S/c1-3-7-14-20(18,19)11-6-4-5-10(9(2)8-13)12(11)15(16)17/h1,4-6,9,14H,7-8H2,2H3. The number of halogens is 1. The van der Waals surface area contributed by atoms with Crippen LogP contribution in [0.25, 0.3) is 0 Å². The van der Waals surface area contributed by atoms with Gasteiger partial charge in [-0.2, -0.15) is 4.72 Å². The number of terminal acetylenes is 1. The lowest BCUT2D eigenvalue weighted by Gasteiger charge is -2.12. The van der Waals surface area contributed by atoms with Crippen molar-refractivity contribution in [2.24, 2.45) is 0 Å². The molecule has 1 unspecified atom stereocenters. The maximum absolute atomic E-state index is 12.0. The Bertz CT molecular complexity index is 652. The molecular weight excluding hydrogens is 304 g/mol. The van der Waals surface area contributed by atoms with E-state index in [1.165, 1.54) is 18.2 Å². The van der Waals surface area contributed by atoms with Crippen LogP contribution < -0.4 is 4.72 Å². The van der Waals surface area contributed by atoms with Crippen LogP contribution in [0, 0.1) is 22.5 Å². The second kappa shape index (κ2) is 6.70. The van der Waals surface area contributed by atoms with Gasteiger partial charge in [-0.3, -0.25) is 10.1 Å². The number of benzene rings is 1. The molecule has 1 rings (SSSR count). The minimum absolute atomic E-state index is 0.141. The van der Waals surface area contributed by atoms with Crippen molar-refractivity contribution in [2.75, 3.05) is 12.4 Å². The largest absolute Gasteiger partial charge is 0.292 e. The van der Waals surface area contributed by atoms with Gasteiger partial charge in [-0.15, -0.1) is 18.0 Å². The average Bonchev–Trinajstić information content (AvgIpc) is 2.43. The highest BCUT2D eigenvalue weighted by Crippen LogP contribution is 2.33. The molecule has 0 radical (unpaired) electrons. The fourth-order valence-corrected chi connectivity index (χ4v) is 2.95. The lowest BCUT2D eigenvalue weighted by atomic mass is 10.0. The van der Waals surface area contributed by atoms with E-state index in [1.54, 1.807) is 6.92 Å². The number of nitro groups is 1. The summed E-state index contributed by atoms with van der Waals surface area (Å²) in [5.41, 5.74) is -0.196. The van der Waals surface area contributed by atoms with E-state index < -0.39 is 25.5 Å². The van der Waals surface area contributed by atoms with Gasteiger partial charge in [0.15, 0.2) is 4.90 Å². The van der Waals surface area contributed by atoms with E-state index >= 15 is 0 Å². The van der Waals surface area contributed by atoms with Crippen LogP contribution in [0.2, 0.25) is 0 Å². The summed E-state index contributed by atoms with van der Waals surface area (Å²) in [6.07, 6.45) is 4.98. The van der Waals surface area contributed by atoms with Gasteiger partial charge < -0.3 is 0 Å². The average molecular weight is 317 g/mol. The van der Waals surface area contributed by atoms with E-state index in [0.29, 0.717) is 0 Å². The molecule has 6 nitrogen and oxygen atoms in total. The summed E-state index contributed by atoms with van der Waals surface area (Å²) in [5, 5.41) is 11.2. The third kappa shape index (κ3) is 3.48. The number of nitrogens with zero attached hydrogens (tertiary/aromatic N) is 1. The third-order valence-corrected chi connectivity index (χ3v) is 4.52. The van der Waals surface area contributed by atoms with Crippen molar-refractivity contribution in [3.63, 3.8) is 0 Å². The predicted molar refractivity (Wildman–Crippen MR) is 76.3 cm³/mol. The van der Waals surface area contributed by atoms with Crippen LogP contribution >= 0.6 is 11.6 Å². The molecule has 0 spiro atoms. The zero-order valence-electron chi connectivity index (χ0n) is 10.7. The number of alkyl halides is 1. The summed E-state index contributed by atoms with van der Waals surface area (Å²) in [6, 6.07) is 4.10. The van der Waals surface area contributed by atoms with Crippen LogP contribution in [0.15, 0.2) is 23.1 Å². The zero-order chi connectivity index (χ0) is 15.3. The number of hydrogen-bond donors (Lipinski definition) is 1. The highest BCUT2D eigenvalue weighted by molar-refractivity contribution is 7.89. The molecule has 20 heavy (non-hydrogen) atoms. The van der Waals surface area contributed by atoms with Gasteiger partial charge in [-0.1, -0.05) is 25.0 Å². The molecule has 1 N–H and O–H groups in total. The van der Waals surface area contributed by atoms with E-state index in [4.69, 9.17) is 18.0 Å². The van der Waals surface area contributed by atoms with Gasteiger partial charge in [-0.05, 0) is 6.07 Å². The predicted octanol–water partition coefficient (Wildman–Crippen LogP) is 1.85. The Morgan fingerprint density at radius 2 is 2.20 bits per heavy atom. The Balaban J connectivity index is 3.49. The van der Waals surface area contributed by atoms with Crippen LogP contribution in [-0.4, -0.2) is 25.8 Å². The van der Waals surface area contributed by atoms with Gasteiger partial charge in [0.1, 0.15) is 0 Å². The second-order valence-electron chi connectivity index (χ2n) is 4.04. The number of para-hydroxylation sites is 1. The van der Waals surface area contributed by atoms with Crippen LogP contribution in [0.1, 0.15) is 18.4 Å². The number of nitro benzene ring substituents is 1. The molecule has 0 aromatic heterocycles. The first-order valence-electron chi connectivity index (χ1n) is 5.61.